The van der Waals surface area contributed by atoms with Crippen molar-refractivity contribution in [3.63, 3.8) is 0 Å². The number of aromatic nitrogens is 2. The highest BCUT2D eigenvalue weighted by Crippen LogP contribution is 2.28. The van der Waals surface area contributed by atoms with Crippen LogP contribution in [-0.4, -0.2) is 21.2 Å². The van der Waals surface area contributed by atoms with E-state index in [-0.39, 0.29) is 28.8 Å². The average Bonchev–Trinajstić information content (AvgIpc) is 3.05. The highest BCUT2D eigenvalue weighted by Gasteiger charge is 2.20. The maximum atomic E-state index is 13.0. The number of benzene rings is 2. The molecule has 0 atom stereocenters. The van der Waals surface area contributed by atoms with Crippen molar-refractivity contribution in [3.05, 3.63) is 64.4 Å². The summed E-state index contributed by atoms with van der Waals surface area (Å²) in [6.07, 6.45) is 0. The van der Waals surface area contributed by atoms with Crippen LogP contribution in [0.1, 0.15) is 25.5 Å². The molecule has 2 heterocycles. The maximum Gasteiger partial charge on any atom is 0.298 e. The van der Waals surface area contributed by atoms with Crippen molar-refractivity contribution in [1.29, 1.82) is 0 Å². The van der Waals surface area contributed by atoms with Crippen LogP contribution in [0.4, 0.5) is 5.69 Å². The number of fused-ring (bicyclic) bond motifs is 3. The molecule has 0 radical (unpaired) electrons. The van der Waals surface area contributed by atoms with E-state index < -0.39 is 0 Å². The monoisotopic (exact) mass is 407 g/mol. The molecule has 2 aromatic carbocycles. The van der Waals surface area contributed by atoms with Gasteiger partial charge in [0.25, 0.3) is 5.56 Å². The molecule has 0 saturated carbocycles. The lowest BCUT2D eigenvalue weighted by Crippen LogP contribution is -2.25. The van der Waals surface area contributed by atoms with Crippen LogP contribution < -0.4 is 10.9 Å². The van der Waals surface area contributed by atoms with Crippen LogP contribution >= 0.6 is 11.8 Å². The summed E-state index contributed by atoms with van der Waals surface area (Å²) in [6.45, 7) is 5.79. The van der Waals surface area contributed by atoms with Gasteiger partial charge in [0.05, 0.1) is 5.75 Å². The molecule has 0 unspecified atom stereocenters. The van der Waals surface area contributed by atoms with E-state index in [0.717, 1.165) is 16.6 Å². The summed E-state index contributed by atoms with van der Waals surface area (Å²) in [5.74, 6) is -0.00343. The Hall–Kier alpha value is -3.06. The fourth-order valence-corrected chi connectivity index (χ4v) is 4.16. The number of rotatable bonds is 5. The summed E-state index contributed by atoms with van der Waals surface area (Å²) in [5, 5.41) is 4.18. The Labute approximate surface area is 171 Å². The second-order valence-corrected chi connectivity index (χ2v) is 8.09. The first-order chi connectivity index (χ1) is 13.9. The first-order valence-electron chi connectivity index (χ1n) is 9.37. The number of anilines is 1. The molecule has 148 valence electrons. The Kier molecular flexibility index (Phi) is 5.15. The standard InChI is InChI=1S/C22H21N3O3S/c1-13(2)25-21(27)20-19(16-9-4-5-10-17(16)28-20)24-22(25)29-12-18(26)23-15-8-6-7-14(3)11-15/h4-11,13H,12H2,1-3H3,(H,23,26). The van der Waals surface area contributed by atoms with Crippen molar-refractivity contribution >= 4 is 45.4 Å². The second kappa shape index (κ2) is 7.75. The van der Waals surface area contributed by atoms with Gasteiger partial charge in [0.1, 0.15) is 11.1 Å². The summed E-state index contributed by atoms with van der Waals surface area (Å²) in [7, 11) is 0. The number of amides is 1. The van der Waals surface area contributed by atoms with Crippen LogP contribution in [0.15, 0.2) is 62.9 Å². The summed E-state index contributed by atoms with van der Waals surface area (Å²) >= 11 is 1.25. The van der Waals surface area contributed by atoms with Crippen molar-refractivity contribution in [2.45, 2.75) is 32.0 Å². The fraction of sp³-hybridized carbons (Fsp3) is 0.227. The van der Waals surface area contributed by atoms with Gasteiger partial charge >= 0.3 is 0 Å². The Morgan fingerprint density at radius 1 is 1.21 bits per heavy atom. The van der Waals surface area contributed by atoms with E-state index in [1.54, 1.807) is 4.57 Å². The van der Waals surface area contributed by atoms with Gasteiger partial charge in [0.15, 0.2) is 5.16 Å². The lowest BCUT2D eigenvalue weighted by Gasteiger charge is -2.14. The van der Waals surface area contributed by atoms with Crippen molar-refractivity contribution in [2.24, 2.45) is 0 Å². The minimum atomic E-state index is -0.234. The topological polar surface area (TPSA) is 77.1 Å². The molecule has 0 aliphatic carbocycles. The SMILES string of the molecule is Cc1cccc(NC(=O)CSc2nc3c(oc4ccccc43)c(=O)n2C(C)C)c1. The molecule has 0 bridgehead atoms. The number of nitrogens with one attached hydrogen (secondary N) is 1. The number of hydrogen-bond acceptors (Lipinski definition) is 5. The molecule has 4 rings (SSSR count). The van der Waals surface area contributed by atoms with E-state index in [1.807, 2.05) is 69.3 Å². The molecule has 6 nitrogen and oxygen atoms in total. The highest BCUT2D eigenvalue weighted by atomic mass is 32.2. The zero-order valence-corrected chi connectivity index (χ0v) is 17.2. The number of aryl methyl sites for hydroxylation is 1. The summed E-state index contributed by atoms with van der Waals surface area (Å²) in [4.78, 5) is 30.2. The average molecular weight is 407 g/mol. The summed E-state index contributed by atoms with van der Waals surface area (Å²) in [5.41, 5.74) is 2.99. The molecule has 4 aromatic rings. The third-order valence-electron chi connectivity index (χ3n) is 4.55. The predicted molar refractivity (Wildman–Crippen MR) is 117 cm³/mol. The molecular weight excluding hydrogens is 386 g/mol. The fourth-order valence-electron chi connectivity index (χ4n) is 3.24. The van der Waals surface area contributed by atoms with Gasteiger partial charge in [-0.2, -0.15) is 0 Å². The van der Waals surface area contributed by atoms with Gasteiger partial charge in [-0.05, 0) is 50.6 Å². The van der Waals surface area contributed by atoms with Crippen molar-refractivity contribution in [3.8, 4) is 0 Å². The quantitative estimate of drug-likeness (QED) is 0.381. The lowest BCUT2D eigenvalue weighted by atomic mass is 10.2. The third kappa shape index (κ3) is 3.78. The van der Waals surface area contributed by atoms with E-state index in [2.05, 4.69) is 5.32 Å². The van der Waals surface area contributed by atoms with Crippen LogP contribution in [-0.2, 0) is 4.79 Å². The van der Waals surface area contributed by atoms with Gasteiger partial charge in [-0.15, -0.1) is 0 Å². The number of para-hydroxylation sites is 1. The maximum absolute atomic E-state index is 13.0. The number of furan rings is 1. The second-order valence-electron chi connectivity index (χ2n) is 7.15. The summed E-state index contributed by atoms with van der Waals surface area (Å²) < 4.78 is 7.34. The zero-order valence-electron chi connectivity index (χ0n) is 16.4. The van der Waals surface area contributed by atoms with Crippen LogP contribution in [0, 0.1) is 6.92 Å². The Morgan fingerprint density at radius 3 is 2.76 bits per heavy atom. The minimum Gasteiger partial charge on any atom is -0.448 e. The predicted octanol–water partition coefficient (Wildman–Crippen LogP) is 4.76. The number of carbonyl (C=O) groups excluding carboxylic acids is 1. The van der Waals surface area contributed by atoms with Crippen LogP contribution in [0.2, 0.25) is 0 Å². The molecule has 0 saturated heterocycles. The molecular formula is C22H21N3O3S. The number of carbonyl (C=O) groups is 1. The van der Waals surface area contributed by atoms with Gasteiger partial charge in [-0.25, -0.2) is 4.98 Å². The Balaban J connectivity index is 1.67. The molecule has 0 aliphatic rings. The van der Waals surface area contributed by atoms with Crippen molar-refractivity contribution in [2.75, 3.05) is 11.1 Å². The smallest absolute Gasteiger partial charge is 0.298 e. The van der Waals surface area contributed by atoms with E-state index in [4.69, 9.17) is 9.40 Å². The van der Waals surface area contributed by atoms with E-state index in [0.29, 0.717) is 16.3 Å². The van der Waals surface area contributed by atoms with Gasteiger partial charge in [-0.1, -0.05) is 36.0 Å². The third-order valence-corrected chi connectivity index (χ3v) is 5.50. The summed E-state index contributed by atoms with van der Waals surface area (Å²) in [6, 6.07) is 15.0. The lowest BCUT2D eigenvalue weighted by molar-refractivity contribution is -0.113. The molecule has 1 N–H and O–H groups in total. The van der Waals surface area contributed by atoms with Gasteiger partial charge in [-0.3, -0.25) is 14.2 Å². The van der Waals surface area contributed by atoms with Gasteiger partial charge < -0.3 is 9.73 Å². The van der Waals surface area contributed by atoms with Crippen molar-refractivity contribution < 1.29 is 9.21 Å². The van der Waals surface area contributed by atoms with Crippen LogP contribution in [0.5, 0.6) is 0 Å². The van der Waals surface area contributed by atoms with Gasteiger partial charge in [0.2, 0.25) is 11.5 Å². The molecule has 0 spiro atoms. The molecule has 2 aromatic heterocycles. The Morgan fingerprint density at radius 2 is 2.00 bits per heavy atom. The molecule has 0 fully saturated rings. The molecule has 0 aliphatic heterocycles. The molecule has 1 amide bonds. The highest BCUT2D eigenvalue weighted by molar-refractivity contribution is 7.99. The molecule has 7 heteroatoms. The van der Waals surface area contributed by atoms with E-state index in [9.17, 15) is 9.59 Å². The first-order valence-corrected chi connectivity index (χ1v) is 10.4. The first kappa shape index (κ1) is 19.3. The normalized spacial score (nSPS) is 11.4. The number of hydrogen-bond donors (Lipinski definition) is 1. The minimum absolute atomic E-state index is 0.116. The Bertz CT molecular complexity index is 1270. The number of thioether (sulfide) groups is 1. The number of nitrogens with zero attached hydrogens (tertiary/aromatic N) is 2. The van der Waals surface area contributed by atoms with Crippen LogP contribution in [0.25, 0.3) is 22.1 Å². The van der Waals surface area contributed by atoms with E-state index >= 15 is 0 Å². The zero-order chi connectivity index (χ0) is 20.5. The van der Waals surface area contributed by atoms with Gasteiger partial charge in [0, 0.05) is 17.1 Å². The van der Waals surface area contributed by atoms with E-state index in [1.165, 1.54) is 11.8 Å². The largest absolute Gasteiger partial charge is 0.448 e. The van der Waals surface area contributed by atoms with Crippen LogP contribution in [0.3, 0.4) is 0 Å². The molecule has 29 heavy (non-hydrogen) atoms. The van der Waals surface area contributed by atoms with Crippen molar-refractivity contribution in [1.82, 2.24) is 9.55 Å².